The lowest BCUT2D eigenvalue weighted by molar-refractivity contribution is -0.114. The highest BCUT2D eigenvalue weighted by molar-refractivity contribution is 5.92. The summed E-state index contributed by atoms with van der Waals surface area (Å²) in [4.78, 5) is 21.3. The molecule has 2 aliphatic rings. The number of hydrogen-bond donors (Lipinski definition) is 1. The van der Waals surface area contributed by atoms with E-state index in [4.69, 9.17) is 9.72 Å². The van der Waals surface area contributed by atoms with Crippen molar-refractivity contribution in [3.05, 3.63) is 36.0 Å². The predicted molar refractivity (Wildman–Crippen MR) is 121 cm³/mol. The van der Waals surface area contributed by atoms with Crippen LogP contribution in [0.5, 0.6) is 0 Å². The number of fused-ring (bicyclic) bond motifs is 1. The molecule has 1 aliphatic heterocycles. The Bertz CT molecular complexity index is 873. The first-order chi connectivity index (χ1) is 14.5. The molecular weight excluding hydrogens is 376 g/mol. The van der Waals surface area contributed by atoms with Crippen molar-refractivity contribution < 1.29 is 9.53 Å². The molecule has 0 unspecified atom stereocenters. The quantitative estimate of drug-likeness (QED) is 0.788. The van der Waals surface area contributed by atoms with Crippen LogP contribution < -0.4 is 5.32 Å². The fourth-order valence-electron chi connectivity index (χ4n) is 5.19. The van der Waals surface area contributed by atoms with Gasteiger partial charge in [-0.05, 0) is 44.2 Å². The molecule has 30 heavy (non-hydrogen) atoms. The topological polar surface area (TPSA) is 57.7 Å². The van der Waals surface area contributed by atoms with Crippen LogP contribution in [0, 0.1) is 0 Å². The molecule has 1 aliphatic carbocycles. The predicted octanol–water partition coefficient (Wildman–Crippen LogP) is 3.66. The number of anilines is 1. The van der Waals surface area contributed by atoms with Crippen LogP contribution >= 0.6 is 0 Å². The Morgan fingerprint density at radius 3 is 2.67 bits per heavy atom. The summed E-state index contributed by atoms with van der Waals surface area (Å²) in [6.45, 7) is 7.27. The van der Waals surface area contributed by atoms with Crippen molar-refractivity contribution in [3.63, 3.8) is 0 Å². The zero-order valence-electron chi connectivity index (χ0n) is 18.3. The molecule has 162 valence electrons. The molecule has 4 rings (SSSR count). The van der Waals surface area contributed by atoms with Gasteiger partial charge in [0.25, 0.3) is 0 Å². The summed E-state index contributed by atoms with van der Waals surface area (Å²) in [6.07, 6.45) is 6.59. The molecule has 1 N–H and O–H groups in total. The van der Waals surface area contributed by atoms with Crippen LogP contribution in [0.4, 0.5) is 5.69 Å². The first-order valence-electron chi connectivity index (χ1n) is 11.2. The molecule has 1 saturated carbocycles. The average molecular weight is 411 g/mol. The van der Waals surface area contributed by atoms with Gasteiger partial charge in [-0.3, -0.25) is 19.6 Å². The SMILES string of the molecule is CC(=O)Nc1ccc2nc(CN(C)CC3(N4CCOCC4)CCCCC3)ccc2c1. The number of ether oxygens (including phenoxy) is 1. The lowest BCUT2D eigenvalue weighted by Gasteiger charge is -2.49. The molecule has 6 heteroatoms. The summed E-state index contributed by atoms with van der Waals surface area (Å²) >= 11 is 0. The van der Waals surface area contributed by atoms with Crippen molar-refractivity contribution in [2.24, 2.45) is 0 Å². The third-order valence-corrected chi connectivity index (χ3v) is 6.53. The second-order valence-corrected chi connectivity index (χ2v) is 8.95. The van der Waals surface area contributed by atoms with Gasteiger partial charge in [-0.1, -0.05) is 25.3 Å². The standard InChI is InChI=1S/C24H34N4O2/c1-19(29)25-21-8-9-23-20(16-21)6-7-22(26-23)17-27(2)18-24(10-4-3-5-11-24)28-12-14-30-15-13-28/h6-9,16H,3-5,10-15,17-18H2,1-2H3,(H,25,29). The van der Waals surface area contributed by atoms with Gasteiger partial charge >= 0.3 is 0 Å². The first-order valence-corrected chi connectivity index (χ1v) is 11.2. The number of nitrogens with one attached hydrogen (secondary N) is 1. The molecule has 0 bridgehead atoms. The minimum atomic E-state index is -0.0579. The normalized spacial score (nSPS) is 19.8. The van der Waals surface area contributed by atoms with Crippen LogP contribution in [-0.4, -0.2) is 66.1 Å². The molecule has 1 aromatic carbocycles. The van der Waals surface area contributed by atoms with Gasteiger partial charge in [0.1, 0.15) is 0 Å². The van der Waals surface area contributed by atoms with E-state index in [2.05, 4.69) is 34.3 Å². The summed E-state index contributed by atoms with van der Waals surface area (Å²) in [6, 6.07) is 10.1. The number of aromatic nitrogens is 1. The number of pyridine rings is 1. The average Bonchev–Trinajstić information content (AvgIpc) is 2.74. The van der Waals surface area contributed by atoms with Gasteiger partial charge in [0, 0.05) is 49.7 Å². The Balaban J connectivity index is 1.45. The molecule has 2 heterocycles. The van der Waals surface area contributed by atoms with Crippen LogP contribution in [0.3, 0.4) is 0 Å². The molecule has 0 radical (unpaired) electrons. The van der Waals surface area contributed by atoms with Crippen LogP contribution in [0.15, 0.2) is 30.3 Å². The Morgan fingerprint density at radius 1 is 1.17 bits per heavy atom. The number of hydrogen-bond acceptors (Lipinski definition) is 5. The summed E-state index contributed by atoms with van der Waals surface area (Å²) in [5.74, 6) is -0.0579. The molecule has 2 fully saturated rings. The van der Waals surface area contributed by atoms with Gasteiger partial charge < -0.3 is 10.1 Å². The highest BCUT2D eigenvalue weighted by Gasteiger charge is 2.39. The molecule has 1 saturated heterocycles. The molecule has 1 aromatic heterocycles. The number of morpholine rings is 1. The number of carbonyl (C=O) groups excluding carboxylic acids is 1. The minimum absolute atomic E-state index is 0.0579. The Hall–Kier alpha value is -2.02. The summed E-state index contributed by atoms with van der Waals surface area (Å²) in [5, 5.41) is 3.88. The lowest BCUT2D eigenvalue weighted by Crippen LogP contribution is -2.59. The number of nitrogens with zero attached hydrogens (tertiary/aromatic N) is 3. The van der Waals surface area contributed by atoms with E-state index in [1.807, 2.05) is 18.2 Å². The summed E-state index contributed by atoms with van der Waals surface area (Å²) in [7, 11) is 2.22. The highest BCUT2D eigenvalue weighted by Crippen LogP contribution is 2.35. The fourth-order valence-corrected chi connectivity index (χ4v) is 5.19. The molecule has 1 amide bonds. The number of benzene rings is 1. The van der Waals surface area contributed by atoms with Gasteiger partial charge in [-0.15, -0.1) is 0 Å². The molecule has 0 atom stereocenters. The van der Waals surface area contributed by atoms with Crippen molar-refractivity contribution in [3.8, 4) is 0 Å². The third kappa shape index (κ3) is 4.99. The van der Waals surface area contributed by atoms with E-state index in [1.54, 1.807) is 0 Å². The minimum Gasteiger partial charge on any atom is -0.379 e. The second-order valence-electron chi connectivity index (χ2n) is 8.95. The Kier molecular flexibility index (Phi) is 6.66. The number of amides is 1. The largest absolute Gasteiger partial charge is 0.379 e. The molecular formula is C24H34N4O2. The van der Waals surface area contributed by atoms with Crippen LogP contribution in [0.1, 0.15) is 44.7 Å². The van der Waals surface area contributed by atoms with E-state index in [-0.39, 0.29) is 11.4 Å². The van der Waals surface area contributed by atoms with Gasteiger partial charge in [-0.25, -0.2) is 0 Å². The zero-order valence-corrected chi connectivity index (χ0v) is 18.3. The molecule has 6 nitrogen and oxygen atoms in total. The van der Waals surface area contributed by atoms with Crippen LogP contribution in [-0.2, 0) is 16.1 Å². The summed E-state index contributed by atoms with van der Waals surface area (Å²) < 4.78 is 5.62. The van der Waals surface area contributed by atoms with E-state index in [9.17, 15) is 4.79 Å². The highest BCUT2D eigenvalue weighted by atomic mass is 16.5. The molecule has 0 spiro atoms. The van der Waals surface area contributed by atoms with E-state index >= 15 is 0 Å². The summed E-state index contributed by atoms with van der Waals surface area (Å²) in [5.41, 5.74) is 3.15. The van der Waals surface area contributed by atoms with Crippen LogP contribution in [0.2, 0.25) is 0 Å². The second kappa shape index (κ2) is 9.41. The van der Waals surface area contributed by atoms with Crippen molar-refractivity contribution in [1.29, 1.82) is 0 Å². The van der Waals surface area contributed by atoms with Gasteiger partial charge in [0.05, 0.1) is 24.4 Å². The third-order valence-electron chi connectivity index (χ3n) is 6.53. The zero-order chi connectivity index (χ0) is 21.0. The van der Waals surface area contributed by atoms with Crippen molar-refractivity contribution in [2.45, 2.75) is 51.1 Å². The molecule has 2 aromatic rings. The maximum Gasteiger partial charge on any atom is 0.221 e. The maximum absolute atomic E-state index is 11.3. The van der Waals surface area contributed by atoms with E-state index in [0.29, 0.717) is 0 Å². The van der Waals surface area contributed by atoms with E-state index in [0.717, 1.165) is 61.7 Å². The van der Waals surface area contributed by atoms with Gasteiger partial charge in [0.15, 0.2) is 0 Å². The lowest BCUT2D eigenvalue weighted by atomic mass is 9.79. The van der Waals surface area contributed by atoms with Crippen molar-refractivity contribution in [2.75, 3.05) is 45.2 Å². The van der Waals surface area contributed by atoms with Gasteiger partial charge in [-0.2, -0.15) is 0 Å². The van der Waals surface area contributed by atoms with Crippen molar-refractivity contribution >= 4 is 22.5 Å². The van der Waals surface area contributed by atoms with Crippen molar-refractivity contribution in [1.82, 2.24) is 14.8 Å². The van der Waals surface area contributed by atoms with Gasteiger partial charge in [0.2, 0.25) is 5.91 Å². The van der Waals surface area contributed by atoms with Crippen LogP contribution in [0.25, 0.3) is 10.9 Å². The smallest absolute Gasteiger partial charge is 0.221 e. The van der Waals surface area contributed by atoms with E-state index < -0.39 is 0 Å². The fraction of sp³-hybridized carbons (Fsp3) is 0.583. The first kappa shape index (κ1) is 21.2. The number of rotatable bonds is 6. The van der Waals surface area contributed by atoms with E-state index in [1.165, 1.54) is 39.0 Å². The Labute approximate surface area is 179 Å². The monoisotopic (exact) mass is 410 g/mol. The number of carbonyl (C=O) groups is 1. The maximum atomic E-state index is 11.3. The number of likely N-dealkylation sites (N-methyl/N-ethyl adjacent to an activating group) is 1. The Morgan fingerprint density at radius 2 is 1.93 bits per heavy atom.